The highest BCUT2D eigenvalue weighted by Gasteiger charge is 2.39. The fourth-order valence-corrected chi connectivity index (χ4v) is 4.46. The van der Waals surface area contributed by atoms with Crippen molar-refractivity contribution >= 4 is 40.5 Å². The van der Waals surface area contributed by atoms with Crippen molar-refractivity contribution < 1.29 is 14.0 Å². The van der Waals surface area contributed by atoms with Crippen molar-refractivity contribution in [2.75, 3.05) is 6.54 Å². The van der Waals surface area contributed by atoms with Gasteiger partial charge < -0.3 is 0 Å². The Morgan fingerprint density at radius 3 is 2.44 bits per heavy atom. The van der Waals surface area contributed by atoms with Crippen molar-refractivity contribution in [3.05, 3.63) is 62.9 Å². The second kappa shape index (κ2) is 7.54. The maximum atomic E-state index is 13.0. The van der Waals surface area contributed by atoms with E-state index in [1.807, 2.05) is 31.4 Å². The summed E-state index contributed by atoms with van der Waals surface area (Å²) in [5.41, 5.74) is 1.41. The van der Waals surface area contributed by atoms with E-state index in [2.05, 4.69) is 0 Å². The summed E-state index contributed by atoms with van der Waals surface area (Å²) in [4.78, 5) is 28.3. The molecular formula is C19H18FNO2S2. The maximum Gasteiger partial charge on any atom is 0.268 e. The second-order valence-electron chi connectivity index (χ2n) is 5.99. The summed E-state index contributed by atoms with van der Waals surface area (Å²) in [7, 11) is 0. The van der Waals surface area contributed by atoms with Crippen LogP contribution in [0, 0.1) is 5.82 Å². The molecule has 0 unspecified atom stereocenters. The van der Waals surface area contributed by atoms with Crippen molar-refractivity contribution in [3.8, 4) is 0 Å². The Hall–Kier alpha value is -1.92. The van der Waals surface area contributed by atoms with Gasteiger partial charge in [-0.2, -0.15) is 0 Å². The zero-order valence-electron chi connectivity index (χ0n) is 14.0. The smallest absolute Gasteiger partial charge is 0.268 e. The SMILES string of the molecule is CC(C)SC1=C(c2cccs2)C(=O)N(CCc2ccc(F)cc2)C1=O. The van der Waals surface area contributed by atoms with E-state index in [-0.39, 0.29) is 22.9 Å². The molecule has 25 heavy (non-hydrogen) atoms. The number of hydrogen-bond acceptors (Lipinski definition) is 4. The van der Waals surface area contributed by atoms with Crippen molar-refractivity contribution in [2.24, 2.45) is 0 Å². The molecule has 3 rings (SSSR count). The lowest BCUT2D eigenvalue weighted by atomic mass is 10.1. The summed E-state index contributed by atoms with van der Waals surface area (Å²) in [6.07, 6.45) is 0.509. The Morgan fingerprint density at radius 1 is 1.12 bits per heavy atom. The molecule has 2 heterocycles. The number of amides is 2. The lowest BCUT2D eigenvalue weighted by molar-refractivity contribution is -0.136. The van der Waals surface area contributed by atoms with Crippen molar-refractivity contribution in [2.45, 2.75) is 25.5 Å². The predicted molar refractivity (Wildman–Crippen MR) is 101 cm³/mol. The average molecular weight is 375 g/mol. The number of hydrogen-bond donors (Lipinski definition) is 0. The van der Waals surface area contributed by atoms with Crippen molar-refractivity contribution in [3.63, 3.8) is 0 Å². The third-order valence-corrected chi connectivity index (χ3v) is 5.76. The number of nitrogens with zero attached hydrogens (tertiary/aromatic N) is 1. The monoisotopic (exact) mass is 375 g/mol. The fraction of sp³-hybridized carbons (Fsp3) is 0.263. The molecule has 0 N–H and O–H groups in total. The van der Waals surface area contributed by atoms with E-state index >= 15 is 0 Å². The van der Waals surface area contributed by atoms with Crippen LogP contribution >= 0.6 is 23.1 Å². The van der Waals surface area contributed by atoms with E-state index < -0.39 is 0 Å². The molecule has 0 radical (unpaired) electrons. The van der Waals surface area contributed by atoms with Crippen LogP contribution in [0.3, 0.4) is 0 Å². The van der Waals surface area contributed by atoms with E-state index in [1.54, 1.807) is 12.1 Å². The first-order valence-electron chi connectivity index (χ1n) is 8.03. The topological polar surface area (TPSA) is 37.4 Å². The zero-order chi connectivity index (χ0) is 18.0. The van der Waals surface area contributed by atoms with Gasteiger partial charge in [-0.25, -0.2) is 4.39 Å². The minimum atomic E-state index is -0.297. The number of rotatable bonds is 6. The fourth-order valence-electron chi connectivity index (χ4n) is 2.63. The molecule has 0 saturated heterocycles. The van der Waals surface area contributed by atoms with Gasteiger partial charge in [0.1, 0.15) is 5.82 Å². The number of imide groups is 1. The number of carbonyl (C=O) groups excluding carboxylic acids is 2. The summed E-state index contributed by atoms with van der Waals surface area (Å²) in [6, 6.07) is 9.88. The molecule has 0 fully saturated rings. The first-order chi connectivity index (χ1) is 12.0. The quantitative estimate of drug-likeness (QED) is 0.705. The van der Waals surface area contributed by atoms with Gasteiger partial charge in [0.25, 0.3) is 11.8 Å². The first kappa shape index (κ1) is 17.9. The minimum Gasteiger partial charge on any atom is -0.273 e. The number of carbonyl (C=O) groups is 2. The van der Waals surface area contributed by atoms with Gasteiger partial charge in [0.15, 0.2) is 0 Å². The van der Waals surface area contributed by atoms with Crippen LogP contribution in [0.1, 0.15) is 24.3 Å². The molecule has 0 bridgehead atoms. The molecule has 0 atom stereocenters. The van der Waals surface area contributed by atoms with Crippen molar-refractivity contribution in [1.82, 2.24) is 4.90 Å². The van der Waals surface area contributed by atoms with Gasteiger partial charge in [0, 0.05) is 16.7 Å². The molecule has 2 aromatic rings. The summed E-state index contributed by atoms with van der Waals surface area (Å²) in [6.45, 7) is 4.30. The van der Waals surface area contributed by atoms with E-state index in [1.165, 1.54) is 40.1 Å². The van der Waals surface area contributed by atoms with Crippen LogP contribution in [0.2, 0.25) is 0 Å². The Kier molecular flexibility index (Phi) is 5.39. The highest BCUT2D eigenvalue weighted by atomic mass is 32.2. The van der Waals surface area contributed by atoms with E-state index in [0.29, 0.717) is 23.4 Å². The highest BCUT2D eigenvalue weighted by molar-refractivity contribution is 8.04. The van der Waals surface area contributed by atoms with Crippen molar-refractivity contribution in [1.29, 1.82) is 0 Å². The molecule has 0 spiro atoms. The minimum absolute atomic E-state index is 0.207. The largest absolute Gasteiger partial charge is 0.273 e. The Balaban J connectivity index is 1.82. The molecule has 0 saturated carbocycles. The molecule has 3 nitrogen and oxygen atoms in total. The van der Waals surface area contributed by atoms with Crippen LogP contribution in [0.15, 0.2) is 46.7 Å². The number of thiophene rings is 1. The highest BCUT2D eigenvalue weighted by Crippen LogP contribution is 2.39. The van der Waals surface area contributed by atoms with Crippen LogP contribution in [-0.4, -0.2) is 28.5 Å². The zero-order valence-corrected chi connectivity index (χ0v) is 15.6. The van der Waals surface area contributed by atoms with Gasteiger partial charge in [-0.3, -0.25) is 14.5 Å². The van der Waals surface area contributed by atoms with Gasteiger partial charge >= 0.3 is 0 Å². The summed E-state index contributed by atoms with van der Waals surface area (Å²) < 4.78 is 13.0. The summed E-state index contributed by atoms with van der Waals surface area (Å²) in [5, 5.41) is 2.11. The molecule has 0 aliphatic carbocycles. The third kappa shape index (κ3) is 3.85. The van der Waals surface area contributed by atoms with Gasteiger partial charge in [-0.1, -0.05) is 32.0 Å². The van der Waals surface area contributed by atoms with Crippen LogP contribution in [0.5, 0.6) is 0 Å². The van der Waals surface area contributed by atoms with Crippen LogP contribution < -0.4 is 0 Å². The number of thioether (sulfide) groups is 1. The van der Waals surface area contributed by atoms with E-state index in [0.717, 1.165) is 10.4 Å². The van der Waals surface area contributed by atoms with Gasteiger partial charge in [-0.05, 0) is 35.6 Å². The maximum absolute atomic E-state index is 13.0. The molecular weight excluding hydrogens is 357 g/mol. The van der Waals surface area contributed by atoms with E-state index in [9.17, 15) is 14.0 Å². The summed E-state index contributed by atoms with van der Waals surface area (Å²) >= 11 is 2.89. The average Bonchev–Trinajstić information content (AvgIpc) is 3.16. The van der Waals surface area contributed by atoms with Gasteiger partial charge in [0.05, 0.1) is 10.5 Å². The lowest BCUT2D eigenvalue weighted by Gasteiger charge is -2.15. The molecule has 6 heteroatoms. The normalized spacial score (nSPS) is 15.0. The number of halogens is 1. The van der Waals surface area contributed by atoms with Crippen LogP contribution in [-0.2, 0) is 16.0 Å². The van der Waals surface area contributed by atoms with Gasteiger partial charge in [0.2, 0.25) is 0 Å². The number of benzene rings is 1. The predicted octanol–water partition coefficient (Wildman–Crippen LogP) is 4.35. The third-order valence-electron chi connectivity index (χ3n) is 3.78. The Morgan fingerprint density at radius 2 is 1.84 bits per heavy atom. The standard InChI is InChI=1S/C19H18FNO2S2/c1-12(2)25-17-16(15-4-3-11-24-15)18(22)21(19(17)23)10-9-13-5-7-14(20)8-6-13/h3-8,11-12H,9-10H2,1-2H3. The molecule has 1 aliphatic rings. The lowest BCUT2D eigenvalue weighted by Crippen LogP contribution is -2.33. The second-order valence-corrected chi connectivity index (χ2v) is 8.52. The Bertz CT molecular complexity index is 810. The summed E-state index contributed by atoms with van der Waals surface area (Å²) in [5.74, 6) is -0.763. The molecule has 130 valence electrons. The van der Waals surface area contributed by atoms with E-state index in [4.69, 9.17) is 0 Å². The van der Waals surface area contributed by atoms with Crippen LogP contribution in [0.4, 0.5) is 4.39 Å². The molecule has 2 amide bonds. The molecule has 1 aromatic carbocycles. The van der Waals surface area contributed by atoms with Gasteiger partial charge in [-0.15, -0.1) is 23.1 Å². The Labute approximate surface area is 154 Å². The molecule has 1 aliphatic heterocycles. The first-order valence-corrected chi connectivity index (χ1v) is 9.78. The molecule has 1 aromatic heterocycles. The van der Waals surface area contributed by atoms with Crippen LogP contribution in [0.25, 0.3) is 5.57 Å².